The van der Waals surface area contributed by atoms with Gasteiger partial charge in [-0.15, -0.1) is 0 Å². The first-order chi connectivity index (χ1) is 12.2. The van der Waals surface area contributed by atoms with Gasteiger partial charge in [-0.05, 0) is 49.2 Å². The lowest BCUT2D eigenvalue weighted by molar-refractivity contribution is 0.215. The third-order valence-corrected chi connectivity index (χ3v) is 4.40. The Bertz CT molecular complexity index is 721. The Hall–Kier alpha value is -2.76. The number of carbonyl (C=O) groups is 1. The number of aryl methyl sites for hydroxylation is 1. The van der Waals surface area contributed by atoms with Gasteiger partial charge in [0.05, 0.1) is 7.11 Å². The van der Waals surface area contributed by atoms with Crippen LogP contribution in [0.15, 0.2) is 42.6 Å². The Kier molecular flexibility index (Phi) is 5.38. The van der Waals surface area contributed by atoms with Crippen molar-refractivity contribution in [2.24, 2.45) is 0 Å². The Balaban J connectivity index is 1.60. The van der Waals surface area contributed by atoms with Gasteiger partial charge in [0.2, 0.25) is 0 Å². The van der Waals surface area contributed by atoms with Gasteiger partial charge in [-0.3, -0.25) is 0 Å². The summed E-state index contributed by atoms with van der Waals surface area (Å²) in [5.74, 6) is 1.79. The second-order valence-electron chi connectivity index (χ2n) is 6.13. The summed E-state index contributed by atoms with van der Waals surface area (Å²) in [7, 11) is 1.64. The summed E-state index contributed by atoms with van der Waals surface area (Å²) in [6, 6.07) is 11.5. The average molecular weight is 340 g/mol. The zero-order chi connectivity index (χ0) is 17.6. The molecule has 2 amide bonds. The summed E-state index contributed by atoms with van der Waals surface area (Å²) in [5, 5.41) is 2.98. The van der Waals surface area contributed by atoms with Crippen molar-refractivity contribution in [2.45, 2.75) is 13.3 Å². The number of nitrogens with one attached hydrogen (secondary N) is 1. The predicted molar refractivity (Wildman–Crippen MR) is 99.4 cm³/mol. The summed E-state index contributed by atoms with van der Waals surface area (Å²) >= 11 is 0. The molecular formula is C19H24N4O2. The summed E-state index contributed by atoms with van der Waals surface area (Å²) in [4.78, 5) is 21.1. The van der Waals surface area contributed by atoms with Gasteiger partial charge in [-0.2, -0.15) is 0 Å². The number of pyridine rings is 1. The Labute approximate surface area is 148 Å². The first-order valence-electron chi connectivity index (χ1n) is 8.54. The molecule has 1 N–H and O–H groups in total. The summed E-state index contributed by atoms with van der Waals surface area (Å²) in [6.07, 6.45) is 2.72. The molecular weight excluding hydrogens is 316 g/mol. The number of hydrogen-bond donors (Lipinski definition) is 1. The smallest absolute Gasteiger partial charge is 0.321 e. The van der Waals surface area contributed by atoms with E-state index in [4.69, 9.17) is 4.74 Å². The van der Waals surface area contributed by atoms with Crippen molar-refractivity contribution in [1.82, 2.24) is 9.88 Å². The summed E-state index contributed by atoms with van der Waals surface area (Å²) < 4.78 is 5.26. The number of methoxy groups -OCH3 is 1. The van der Waals surface area contributed by atoms with Crippen molar-refractivity contribution >= 4 is 17.5 Å². The van der Waals surface area contributed by atoms with Crippen LogP contribution in [-0.2, 0) is 0 Å². The van der Waals surface area contributed by atoms with Crippen LogP contribution >= 0.6 is 0 Å². The summed E-state index contributed by atoms with van der Waals surface area (Å²) in [6.45, 7) is 5.07. The van der Waals surface area contributed by atoms with Crippen LogP contribution in [0, 0.1) is 6.92 Å². The van der Waals surface area contributed by atoms with Gasteiger partial charge in [0, 0.05) is 38.1 Å². The zero-order valence-corrected chi connectivity index (χ0v) is 14.7. The van der Waals surface area contributed by atoms with Crippen LogP contribution < -0.4 is 15.0 Å². The normalized spacial score (nSPS) is 14.8. The molecule has 0 aliphatic carbocycles. The van der Waals surface area contributed by atoms with Gasteiger partial charge >= 0.3 is 6.03 Å². The van der Waals surface area contributed by atoms with Crippen LogP contribution in [0.1, 0.15) is 12.0 Å². The second kappa shape index (κ2) is 7.88. The Morgan fingerprint density at radius 2 is 2.04 bits per heavy atom. The van der Waals surface area contributed by atoms with Crippen LogP contribution in [0.3, 0.4) is 0 Å². The van der Waals surface area contributed by atoms with E-state index in [1.54, 1.807) is 13.3 Å². The van der Waals surface area contributed by atoms with E-state index in [2.05, 4.69) is 15.2 Å². The maximum absolute atomic E-state index is 12.6. The highest BCUT2D eigenvalue weighted by Gasteiger charge is 2.20. The maximum Gasteiger partial charge on any atom is 0.321 e. The van der Waals surface area contributed by atoms with Gasteiger partial charge in [0.1, 0.15) is 11.6 Å². The number of hydrogen-bond acceptors (Lipinski definition) is 4. The highest BCUT2D eigenvalue weighted by atomic mass is 16.5. The largest absolute Gasteiger partial charge is 0.496 e. The SMILES string of the molecule is COc1ccc(NC(=O)N2CCCN(c3ccccn3)CC2)cc1C. The van der Waals surface area contributed by atoms with E-state index >= 15 is 0 Å². The highest BCUT2D eigenvalue weighted by molar-refractivity contribution is 5.89. The molecule has 25 heavy (non-hydrogen) atoms. The third kappa shape index (κ3) is 4.21. The van der Waals surface area contributed by atoms with Crippen molar-refractivity contribution in [3.63, 3.8) is 0 Å². The van der Waals surface area contributed by atoms with Crippen LogP contribution in [0.5, 0.6) is 5.75 Å². The second-order valence-corrected chi connectivity index (χ2v) is 6.13. The van der Waals surface area contributed by atoms with E-state index in [9.17, 15) is 4.79 Å². The molecule has 0 radical (unpaired) electrons. The monoisotopic (exact) mass is 340 g/mol. The fourth-order valence-electron chi connectivity index (χ4n) is 3.05. The summed E-state index contributed by atoms with van der Waals surface area (Å²) in [5.41, 5.74) is 1.78. The van der Waals surface area contributed by atoms with Gasteiger partial charge in [-0.1, -0.05) is 6.07 Å². The van der Waals surface area contributed by atoms with Crippen molar-refractivity contribution in [3.05, 3.63) is 48.2 Å². The van der Waals surface area contributed by atoms with Crippen LogP contribution in [0.2, 0.25) is 0 Å². The van der Waals surface area contributed by atoms with Gasteiger partial charge in [-0.25, -0.2) is 9.78 Å². The molecule has 0 saturated carbocycles. The minimum atomic E-state index is -0.0626. The number of ether oxygens (including phenoxy) is 1. The molecule has 1 saturated heterocycles. The van der Waals surface area contributed by atoms with Gasteiger partial charge in [0.25, 0.3) is 0 Å². The molecule has 0 atom stereocenters. The Morgan fingerprint density at radius 1 is 1.16 bits per heavy atom. The number of aromatic nitrogens is 1. The molecule has 6 nitrogen and oxygen atoms in total. The number of urea groups is 1. The van der Waals surface area contributed by atoms with E-state index in [0.29, 0.717) is 6.54 Å². The molecule has 132 valence electrons. The number of benzene rings is 1. The topological polar surface area (TPSA) is 57.7 Å². The predicted octanol–water partition coefficient (Wildman–Crippen LogP) is 3.14. The lowest BCUT2D eigenvalue weighted by Crippen LogP contribution is -2.38. The van der Waals surface area contributed by atoms with Crippen LogP contribution in [0.4, 0.5) is 16.3 Å². The van der Waals surface area contributed by atoms with E-state index < -0.39 is 0 Å². The van der Waals surface area contributed by atoms with E-state index in [0.717, 1.165) is 48.9 Å². The first kappa shape index (κ1) is 17.1. The molecule has 6 heteroatoms. The molecule has 1 aromatic heterocycles. The van der Waals surface area contributed by atoms with Crippen LogP contribution in [0.25, 0.3) is 0 Å². The van der Waals surface area contributed by atoms with Gasteiger partial charge < -0.3 is 19.9 Å². The minimum Gasteiger partial charge on any atom is -0.496 e. The van der Waals surface area contributed by atoms with Crippen molar-refractivity contribution < 1.29 is 9.53 Å². The Morgan fingerprint density at radius 3 is 2.76 bits per heavy atom. The molecule has 2 heterocycles. The highest BCUT2D eigenvalue weighted by Crippen LogP contribution is 2.22. The minimum absolute atomic E-state index is 0.0626. The number of nitrogens with zero attached hydrogens (tertiary/aromatic N) is 3. The quantitative estimate of drug-likeness (QED) is 0.932. The molecule has 2 aromatic rings. The lowest BCUT2D eigenvalue weighted by Gasteiger charge is -2.23. The molecule has 0 bridgehead atoms. The number of amides is 2. The van der Waals surface area contributed by atoms with E-state index in [-0.39, 0.29) is 6.03 Å². The van der Waals surface area contributed by atoms with Crippen molar-refractivity contribution in [1.29, 1.82) is 0 Å². The number of rotatable bonds is 3. The molecule has 0 spiro atoms. The first-order valence-corrected chi connectivity index (χ1v) is 8.54. The fraction of sp³-hybridized carbons (Fsp3) is 0.368. The molecule has 1 aliphatic rings. The lowest BCUT2D eigenvalue weighted by atomic mass is 10.2. The maximum atomic E-state index is 12.6. The van der Waals surface area contributed by atoms with E-state index in [1.807, 2.05) is 48.2 Å². The standard InChI is InChI=1S/C19H24N4O2/c1-15-14-16(7-8-17(15)25-2)21-19(24)23-11-5-10-22(12-13-23)18-6-3-4-9-20-18/h3-4,6-9,14H,5,10-13H2,1-2H3,(H,21,24). The average Bonchev–Trinajstić information content (AvgIpc) is 2.89. The van der Waals surface area contributed by atoms with Crippen LogP contribution in [-0.4, -0.2) is 49.2 Å². The molecule has 0 unspecified atom stereocenters. The third-order valence-electron chi connectivity index (χ3n) is 4.40. The van der Waals surface area contributed by atoms with E-state index in [1.165, 1.54) is 0 Å². The van der Waals surface area contributed by atoms with Crippen molar-refractivity contribution in [3.8, 4) is 5.75 Å². The number of anilines is 2. The molecule has 1 aromatic carbocycles. The molecule has 3 rings (SSSR count). The number of carbonyl (C=O) groups excluding carboxylic acids is 1. The van der Waals surface area contributed by atoms with Gasteiger partial charge in [0.15, 0.2) is 0 Å². The molecule has 1 fully saturated rings. The zero-order valence-electron chi connectivity index (χ0n) is 14.7. The fourth-order valence-corrected chi connectivity index (χ4v) is 3.05. The van der Waals surface area contributed by atoms with Crippen molar-refractivity contribution in [2.75, 3.05) is 43.5 Å². The molecule has 1 aliphatic heterocycles.